The van der Waals surface area contributed by atoms with E-state index in [4.69, 9.17) is 21.1 Å². The minimum absolute atomic E-state index is 0.0965. The lowest BCUT2D eigenvalue weighted by Gasteiger charge is -1.94. The van der Waals surface area contributed by atoms with E-state index in [1.165, 1.54) is 23.7 Å². The maximum atomic E-state index is 10.8. The van der Waals surface area contributed by atoms with Gasteiger partial charge >= 0.3 is 5.97 Å². The number of aromatic nitrogens is 2. The van der Waals surface area contributed by atoms with Gasteiger partial charge in [0.25, 0.3) is 0 Å². The maximum absolute atomic E-state index is 10.8. The van der Waals surface area contributed by atoms with Crippen molar-refractivity contribution in [1.29, 1.82) is 0 Å². The fourth-order valence-electron chi connectivity index (χ4n) is 1.59. The molecule has 0 aromatic carbocycles. The van der Waals surface area contributed by atoms with Crippen LogP contribution in [-0.2, 0) is 0 Å². The van der Waals surface area contributed by atoms with E-state index in [1.54, 1.807) is 23.7 Å². The zero-order valence-corrected chi connectivity index (χ0v) is 11.5. The van der Waals surface area contributed by atoms with Crippen molar-refractivity contribution in [2.75, 3.05) is 0 Å². The molecule has 0 aliphatic heterocycles. The van der Waals surface area contributed by atoms with Crippen LogP contribution in [0.3, 0.4) is 0 Å². The van der Waals surface area contributed by atoms with Crippen LogP contribution in [0.4, 0.5) is 0 Å². The molecule has 0 unspecified atom stereocenters. The van der Waals surface area contributed by atoms with Gasteiger partial charge in [0.05, 0.1) is 16.3 Å². The van der Waals surface area contributed by atoms with E-state index in [0.29, 0.717) is 27.2 Å². The van der Waals surface area contributed by atoms with Crippen LogP contribution >= 0.6 is 22.9 Å². The number of thiazole rings is 1. The highest BCUT2D eigenvalue weighted by molar-refractivity contribution is 7.13. The van der Waals surface area contributed by atoms with Gasteiger partial charge in [0.2, 0.25) is 0 Å². The van der Waals surface area contributed by atoms with Crippen molar-refractivity contribution >= 4 is 28.9 Å². The van der Waals surface area contributed by atoms with Crippen LogP contribution in [0.25, 0.3) is 22.2 Å². The Bertz CT molecular complexity index is 764. The molecule has 0 saturated carbocycles. The van der Waals surface area contributed by atoms with Gasteiger partial charge in [0.15, 0.2) is 5.76 Å². The largest absolute Gasteiger partial charge is 0.478 e. The van der Waals surface area contributed by atoms with Crippen LogP contribution in [0.15, 0.2) is 40.5 Å². The van der Waals surface area contributed by atoms with Gasteiger partial charge in [-0.3, -0.25) is 4.98 Å². The number of carbonyl (C=O) groups is 1. The summed E-state index contributed by atoms with van der Waals surface area (Å²) in [5.41, 5.74) is 1.38. The molecule has 3 rings (SSSR count). The number of rotatable bonds is 3. The van der Waals surface area contributed by atoms with Crippen molar-refractivity contribution in [3.63, 3.8) is 0 Å². The molecule has 0 fully saturated rings. The molecule has 3 heterocycles. The zero-order valence-electron chi connectivity index (χ0n) is 9.91. The fraction of sp³-hybridized carbons (Fsp3) is 0. The molecule has 0 saturated heterocycles. The lowest BCUT2D eigenvalue weighted by atomic mass is 10.3. The molecule has 0 radical (unpaired) electrons. The molecule has 1 N–H and O–H groups in total. The van der Waals surface area contributed by atoms with Crippen LogP contribution in [0.1, 0.15) is 10.4 Å². The molecule has 3 aromatic rings. The summed E-state index contributed by atoms with van der Waals surface area (Å²) in [6.45, 7) is 0. The lowest BCUT2D eigenvalue weighted by molar-refractivity contribution is 0.0696. The summed E-state index contributed by atoms with van der Waals surface area (Å²) in [7, 11) is 0. The molecule has 0 aliphatic rings. The topological polar surface area (TPSA) is 76.2 Å². The van der Waals surface area contributed by atoms with E-state index >= 15 is 0 Å². The molecule has 0 spiro atoms. The number of pyridine rings is 1. The lowest BCUT2D eigenvalue weighted by Crippen LogP contribution is -1.91. The second-order valence-electron chi connectivity index (χ2n) is 3.90. The molecular formula is C13H7ClN2O3S. The SMILES string of the molecule is O=C(O)c1coc(-c2csc(-c3ccc(Cl)cn3)n2)c1. The third-order valence-electron chi connectivity index (χ3n) is 2.55. The number of halogens is 1. The van der Waals surface area contributed by atoms with Gasteiger partial charge < -0.3 is 9.52 Å². The van der Waals surface area contributed by atoms with Crippen molar-refractivity contribution < 1.29 is 14.3 Å². The van der Waals surface area contributed by atoms with Crippen LogP contribution in [0.2, 0.25) is 5.02 Å². The van der Waals surface area contributed by atoms with Gasteiger partial charge in [-0.05, 0) is 12.1 Å². The van der Waals surface area contributed by atoms with E-state index in [9.17, 15) is 4.79 Å². The van der Waals surface area contributed by atoms with Gasteiger partial charge in [0.1, 0.15) is 17.0 Å². The molecule has 3 aromatic heterocycles. The smallest absolute Gasteiger partial charge is 0.338 e. The summed E-state index contributed by atoms with van der Waals surface area (Å²) in [6, 6.07) is 4.95. The maximum Gasteiger partial charge on any atom is 0.338 e. The Kier molecular flexibility index (Phi) is 3.25. The summed E-state index contributed by atoms with van der Waals surface area (Å²) in [6.07, 6.45) is 2.74. The van der Waals surface area contributed by atoms with Gasteiger partial charge in [-0.1, -0.05) is 11.6 Å². The summed E-state index contributed by atoms with van der Waals surface area (Å²) >= 11 is 7.18. The van der Waals surface area contributed by atoms with Crippen LogP contribution < -0.4 is 0 Å². The molecule has 100 valence electrons. The Morgan fingerprint density at radius 3 is 2.85 bits per heavy atom. The predicted molar refractivity (Wildman–Crippen MR) is 75.0 cm³/mol. The summed E-state index contributed by atoms with van der Waals surface area (Å²) in [5.74, 6) is -0.617. The second kappa shape index (κ2) is 5.07. The minimum atomic E-state index is -1.03. The normalized spacial score (nSPS) is 10.7. The third-order valence-corrected chi connectivity index (χ3v) is 3.64. The molecule has 0 bridgehead atoms. The first kappa shape index (κ1) is 12.8. The number of nitrogens with zero attached hydrogens (tertiary/aromatic N) is 2. The van der Waals surface area contributed by atoms with E-state index in [1.807, 2.05) is 0 Å². The van der Waals surface area contributed by atoms with Crippen LogP contribution in [0, 0.1) is 0 Å². The van der Waals surface area contributed by atoms with Crippen molar-refractivity contribution in [2.24, 2.45) is 0 Å². The molecule has 0 atom stereocenters. The third kappa shape index (κ3) is 2.43. The Balaban J connectivity index is 1.93. The summed E-state index contributed by atoms with van der Waals surface area (Å²) in [5, 5.41) is 11.9. The van der Waals surface area contributed by atoms with Crippen molar-refractivity contribution in [2.45, 2.75) is 0 Å². The first-order valence-electron chi connectivity index (χ1n) is 5.53. The number of aromatic carboxylic acids is 1. The zero-order chi connectivity index (χ0) is 14.1. The molecule has 5 nitrogen and oxygen atoms in total. The van der Waals surface area contributed by atoms with Gasteiger partial charge in [-0.15, -0.1) is 11.3 Å². The first-order chi connectivity index (χ1) is 9.63. The Labute approximate surface area is 122 Å². The van der Waals surface area contributed by atoms with Crippen molar-refractivity contribution in [3.8, 4) is 22.2 Å². The predicted octanol–water partition coefficient (Wildman–Crippen LogP) is 3.82. The average Bonchev–Trinajstić information content (AvgIpc) is 3.08. The van der Waals surface area contributed by atoms with Crippen LogP contribution in [0.5, 0.6) is 0 Å². The van der Waals surface area contributed by atoms with E-state index < -0.39 is 5.97 Å². The molecule has 0 amide bonds. The molecule has 20 heavy (non-hydrogen) atoms. The summed E-state index contributed by atoms with van der Waals surface area (Å²) in [4.78, 5) is 19.4. The standard InChI is InChI=1S/C13H7ClN2O3S/c14-8-1-2-9(15-4-8)12-16-10(6-20-12)11-3-7(5-19-11)13(17)18/h1-6H,(H,17,18). The van der Waals surface area contributed by atoms with Crippen LogP contribution in [-0.4, -0.2) is 21.0 Å². The number of hydrogen-bond acceptors (Lipinski definition) is 5. The highest BCUT2D eigenvalue weighted by Crippen LogP contribution is 2.29. The first-order valence-corrected chi connectivity index (χ1v) is 6.79. The molecule has 0 aliphatic carbocycles. The van der Waals surface area contributed by atoms with Crippen molar-refractivity contribution in [1.82, 2.24) is 9.97 Å². The Morgan fingerprint density at radius 1 is 1.35 bits per heavy atom. The van der Waals surface area contributed by atoms with Gasteiger partial charge in [-0.25, -0.2) is 9.78 Å². The fourth-order valence-corrected chi connectivity index (χ4v) is 2.49. The highest BCUT2D eigenvalue weighted by atomic mass is 35.5. The second-order valence-corrected chi connectivity index (χ2v) is 5.20. The van der Waals surface area contributed by atoms with E-state index in [0.717, 1.165) is 0 Å². The Hall–Kier alpha value is -2.18. The monoisotopic (exact) mass is 306 g/mol. The number of hydrogen-bond donors (Lipinski definition) is 1. The van der Waals surface area contributed by atoms with E-state index in [-0.39, 0.29) is 5.56 Å². The molecule has 7 heteroatoms. The van der Waals surface area contributed by atoms with Crippen molar-refractivity contribution in [3.05, 3.63) is 46.6 Å². The average molecular weight is 307 g/mol. The number of furan rings is 1. The van der Waals surface area contributed by atoms with Gasteiger partial charge in [0, 0.05) is 17.6 Å². The number of carboxylic acid groups (broad SMARTS) is 1. The quantitative estimate of drug-likeness (QED) is 0.796. The molecular weight excluding hydrogens is 300 g/mol. The van der Waals surface area contributed by atoms with Gasteiger partial charge in [-0.2, -0.15) is 0 Å². The Morgan fingerprint density at radius 2 is 2.20 bits per heavy atom. The highest BCUT2D eigenvalue weighted by Gasteiger charge is 2.13. The summed E-state index contributed by atoms with van der Waals surface area (Å²) < 4.78 is 5.20. The number of carboxylic acids is 1. The van der Waals surface area contributed by atoms with E-state index in [2.05, 4.69) is 9.97 Å². The minimum Gasteiger partial charge on any atom is -0.478 e.